The van der Waals surface area contributed by atoms with E-state index in [0.717, 1.165) is 22.1 Å². The summed E-state index contributed by atoms with van der Waals surface area (Å²) in [7, 11) is 1.75. The highest BCUT2D eigenvalue weighted by molar-refractivity contribution is 9.10. The number of benzene rings is 1. The quantitative estimate of drug-likeness (QED) is 0.638. The number of halogens is 1. The van der Waals surface area contributed by atoms with E-state index in [1.807, 2.05) is 24.1 Å². The van der Waals surface area contributed by atoms with Crippen molar-refractivity contribution in [2.45, 2.75) is 37.5 Å². The Bertz CT molecular complexity index is 526. The summed E-state index contributed by atoms with van der Waals surface area (Å²) in [4.78, 5) is 3.90. The van der Waals surface area contributed by atoms with Crippen LogP contribution in [0.15, 0.2) is 27.6 Å². The number of ether oxygens (including phenoxy) is 1. The van der Waals surface area contributed by atoms with Crippen molar-refractivity contribution in [3.63, 3.8) is 0 Å². The van der Waals surface area contributed by atoms with Gasteiger partial charge in [0.15, 0.2) is 0 Å². The average Bonchev–Trinajstić information content (AvgIpc) is 2.59. The lowest BCUT2D eigenvalue weighted by molar-refractivity contribution is 0.144. The van der Waals surface area contributed by atoms with Gasteiger partial charge >= 0.3 is 0 Å². The Balaban J connectivity index is 1.46. The average molecular weight is 413 g/mol. The third-order valence-electron chi connectivity index (χ3n) is 5.32. The third-order valence-corrected chi connectivity index (χ3v) is 6.95. The first-order valence-corrected chi connectivity index (χ1v) is 10.7. The number of nitrogens with zero attached hydrogens (tertiary/aromatic N) is 2. The minimum absolute atomic E-state index is 0.875. The summed E-state index contributed by atoms with van der Waals surface area (Å²) in [5.41, 5.74) is 0. The van der Waals surface area contributed by atoms with Crippen LogP contribution >= 0.6 is 27.9 Å². The molecule has 0 radical (unpaired) electrons. The summed E-state index contributed by atoms with van der Waals surface area (Å²) in [5.74, 6) is 2.77. The van der Waals surface area contributed by atoms with Crippen molar-refractivity contribution in [1.29, 1.82) is 0 Å². The zero-order chi connectivity index (χ0) is 16.9. The van der Waals surface area contributed by atoms with Gasteiger partial charge in [-0.3, -0.25) is 0 Å². The molecule has 2 fully saturated rings. The zero-order valence-electron chi connectivity index (χ0n) is 14.8. The van der Waals surface area contributed by atoms with E-state index in [4.69, 9.17) is 4.74 Å². The van der Waals surface area contributed by atoms with Gasteiger partial charge in [0.05, 0.1) is 12.0 Å². The van der Waals surface area contributed by atoms with Gasteiger partial charge in [-0.15, -0.1) is 0 Å². The number of rotatable bonds is 5. The van der Waals surface area contributed by atoms with Crippen LogP contribution in [0.4, 0.5) is 0 Å². The van der Waals surface area contributed by atoms with Crippen molar-refractivity contribution < 1.29 is 4.74 Å². The van der Waals surface area contributed by atoms with Gasteiger partial charge in [0.25, 0.3) is 0 Å². The van der Waals surface area contributed by atoms with Crippen LogP contribution in [0.25, 0.3) is 0 Å². The Labute approximate surface area is 159 Å². The molecule has 0 amide bonds. The Morgan fingerprint density at radius 2 is 1.83 bits per heavy atom. The Hall–Kier alpha value is -0.230. The van der Waals surface area contributed by atoms with E-state index in [2.05, 4.69) is 38.1 Å². The second-order valence-corrected chi connectivity index (χ2v) is 9.30. The van der Waals surface area contributed by atoms with E-state index < -0.39 is 0 Å². The predicted octanol–water partition coefficient (Wildman–Crippen LogP) is 4.91. The summed E-state index contributed by atoms with van der Waals surface area (Å²) < 4.78 is 9.11. The fraction of sp³-hybridized carbons (Fsp3) is 0.684. The lowest BCUT2D eigenvalue weighted by Crippen LogP contribution is -2.39. The lowest BCUT2D eigenvalue weighted by Gasteiger charge is -2.36. The molecule has 0 bridgehead atoms. The normalized spacial score (nSPS) is 22.0. The second kappa shape index (κ2) is 8.93. The molecule has 0 aliphatic carbocycles. The maximum atomic E-state index is 5.50. The van der Waals surface area contributed by atoms with Crippen molar-refractivity contribution in [3.05, 3.63) is 22.7 Å². The first-order chi connectivity index (χ1) is 11.6. The molecule has 1 aromatic carbocycles. The number of hydrogen-bond donors (Lipinski definition) is 0. The van der Waals surface area contributed by atoms with Gasteiger partial charge < -0.3 is 9.64 Å². The fourth-order valence-electron chi connectivity index (χ4n) is 3.65. The fourth-order valence-corrected chi connectivity index (χ4v) is 5.26. The van der Waals surface area contributed by atoms with E-state index in [9.17, 15) is 0 Å². The highest BCUT2D eigenvalue weighted by Gasteiger charge is 2.24. The van der Waals surface area contributed by atoms with E-state index in [0.29, 0.717) is 0 Å². The van der Waals surface area contributed by atoms with Crippen molar-refractivity contribution in [2.75, 3.05) is 39.8 Å². The molecular weight excluding hydrogens is 384 g/mol. The molecule has 0 spiro atoms. The monoisotopic (exact) mass is 412 g/mol. The Kier molecular flexibility index (Phi) is 6.90. The third kappa shape index (κ3) is 5.13. The summed E-state index contributed by atoms with van der Waals surface area (Å²) >= 11 is 5.41. The van der Waals surface area contributed by atoms with Gasteiger partial charge in [-0.25, -0.2) is 4.31 Å². The van der Waals surface area contributed by atoms with Crippen LogP contribution in [0, 0.1) is 11.8 Å². The van der Waals surface area contributed by atoms with Gasteiger partial charge in [-0.05, 0) is 80.8 Å². The van der Waals surface area contributed by atoms with Crippen molar-refractivity contribution in [2.24, 2.45) is 11.8 Å². The van der Waals surface area contributed by atoms with E-state index in [1.54, 1.807) is 7.11 Å². The molecule has 0 N–H and O–H groups in total. The molecule has 5 heteroatoms. The van der Waals surface area contributed by atoms with Gasteiger partial charge in [-0.1, -0.05) is 22.9 Å². The van der Waals surface area contributed by atoms with Gasteiger partial charge in [-0.2, -0.15) is 0 Å². The minimum Gasteiger partial charge on any atom is -0.496 e. The van der Waals surface area contributed by atoms with Gasteiger partial charge in [0.2, 0.25) is 0 Å². The Morgan fingerprint density at radius 1 is 1.12 bits per heavy atom. The summed E-state index contributed by atoms with van der Waals surface area (Å²) in [5, 5.41) is 0. The predicted molar refractivity (Wildman–Crippen MR) is 106 cm³/mol. The van der Waals surface area contributed by atoms with Crippen LogP contribution in [0.2, 0.25) is 0 Å². The number of piperidine rings is 2. The molecule has 0 atom stereocenters. The standard InChI is InChI=1S/C19H29BrN2OS/c1-15-5-9-21(10-6-15)14-16-7-11-22(12-8-16)24-19-13-17(20)3-4-18(19)23-2/h3-4,13,15-16H,5-12,14H2,1-2H3. The molecule has 3 rings (SSSR count). The van der Waals surface area contributed by atoms with Crippen molar-refractivity contribution in [1.82, 2.24) is 9.21 Å². The number of methoxy groups -OCH3 is 1. The van der Waals surface area contributed by atoms with Gasteiger partial charge in [0, 0.05) is 24.1 Å². The molecule has 2 heterocycles. The SMILES string of the molecule is COc1ccc(Br)cc1SN1CCC(CN2CCC(C)CC2)CC1. The molecule has 3 nitrogen and oxygen atoms in total. The zero-order valence-corrected chi connectivity index (χ0v) is 17.2. The highest BCUT2D eigenvalue weighted by Crippen LogP contribution is 2.36. The maximum absolute atomic E-state index is 5.50. The lowest BCUT2D eigenvalue weighted by atomic mass is 9.94. The van der Waals surface area contributed by atoms with Gasteiger partial charge in [0.1, 0.15) is 5.75 Å². The van der Waals surface area contributed by atoms with Crippen LogP contribution in [0.1, 0.15) is 32.6 Å². The summed E-state index contributed by atoms with van der Waals surface area (Å²) in [6, 6.07) is 6.23. The molecule has 0 saturated carbocycles. The minimum atomic E-state index is 0.875. The Morgan fingerprint density at radius 3 is 2.50 bits per heavy atom. The number of likely N-dealkylation sites (tertiary alicyclic amines) is 1. The molecule has 0 aromatic heterocycles. The summed E-state index contributed by atoms with van der Waals surface area (Å²) in [6.45, 7) is 8.68. The molecule has 0 unspecified atom stereocenters. The van der Waals surface area contributed by atoms with E-state index in [-0.39, 0.29) is 0 Å². The molecule has 1 aromatic rings. The largest absolute Gasteiger partial charge is 0.496 e. The van der Waals surface area contributed by atoms with Crippen LogP contribution in [0.5, 0.6) is 5.75 Å². The van der Waals surface area contributed by atoms with Crippen LogP contribution in [-0.4, -0.2) is 49.0 Å². The summed E-state index contributed by atoms with van der Waals surface area (Å²) in [6.07, 6.45) is 5.40. The highest BCUT2D eigenvalue weighted by atomic mass is 79.9. The smallest absolute Gasteiger partial charge is 0.133 e. The van der Waals surface area contributed by atoms with E-state index in [1.165, 1.54) is 63.3 Å². The molecule has 2 saturated heterocycles. The number of hydrogen-bond acceptors (Lipinski definition) is 4. The molecule has 2 aliphatic heterocycles. The molecule has 2 aliphatic rings. The maximum Gasteiger partial charge on any atom is 0.133 e. The first kappa shape index (κ1) is 18.6. The first-order valence-electron chi connectivity index (χ1n) is 9.13. The van der Waals surface area contributed by atoms with E-state index >= 15 is 0 Å². The van der Waals surface area contributed by atoms with Crippen LogP contribution in [-0.2, 0) is 0 Å². The van der Waals surface area contributed by atoms with Crippen LogP contribution < -0.4 is 4.74 Å². The topological polar surface area (TPSA) is 15.7 Å². The van der Waals surface area contributed by atoms with Crippen molar-refractivity contribution >= 4 is 27.9 Å². The molecule has 24 heavy (non-hydrogen) atoms. The molecule has 134 valence electrons. The van der Waals surface area contributed by atoms with Crippen LogP contribution in [0.3, 0.4) is 0 Å². The second-order valence-electron chi connectivity index (χ2n) is 7.24. The molecular formula is C19H29BrN2OS. The van der Waals surface area contributed by atoms with Crippen molar-refractivity contribution in [3.8, 4) is 5.75 Å².